The number of unbranched alkanes of at least 4 members (excludes halogenated alkanes) is 2. The molecule has 0 aromatic rings. The van der Waals surface area contributed by atoms with Crippen molar-refractivity contribution in [2.24, 2.45) is 0 Å². The molecule has 0 spiro atoms. The van der Waals surface area contributed by atoms with Crippen LogP contribution in [0.5, 0.6) is 0 Å². The van der Waals surface area contributed by atoms with E-state index in [1.807, 2.05) is 0 Å². The van der Waals surface area contributed by atoms with Crippen molar-refractivity contribution in [3.63, 3.8) is 0 Å². The molecule has 60 valence electrons. The molecule has 1 nitrogen and oxygen atoms in total. The van der Waals surface area contributed by atoms with Crippen LogP contribution in [0.3, 0.4) is 0 Å². The van der Waals surface area contributed by atoms with Gasteiger partial charge in [-0.3, -0.25) is 0 Å². The van der Waals surface area contributed by atoms with Gasteiger partial charge in [0.05, 0.1) is 0 Å². The van der Waals surface area contributed by atoms with Crippen molar-refractivity contribution in [3.8, 4) is 0 Å². The fourth-order valence-electron chi connectivity index (χ4n) is 0.595. The van der Waals surface area contributed by atoms with Crippen LogP contribution in [0.25, 0.3) is 0 Å². The SMILES string of the molecule is CCCCOCCCC.[LiH].[LiH]. The molecule has 0 rings (SSSR count). The molecule has 0 fully saturated rings. The summed E-state index contributed by atoms with van der Waals surface area (Å²) >= 11 is 0. The first kappa shape index (κ1) is 18.0. The molecule has 0 amide bonds. The molecule has 0 aromatic carbocycles. The van der Waals surface area contributed by atoms with Crippen LogP contribution in [0.1, 0.15) is 39.5 Å². The van der Waals surface area contributed by atoms with Crippen LogP contribution in [0.4, 0.5) is 0 Å². The van der Waals surface area contributed by atoms with E-state index in [0.717, 1.165) is 13.2 Å². The zero-order valence-electron chi connectivity index (χ0n) is 6.65. The summed E-state index contributed by atoms with van der Waals surface area (Å²) in [6.07, 6.45) is 4.91. The zero-order chi connectivity index (χ0) is 6.95. The Balaban J connectivity index is -0.000000320. The van der Waals surface area contributed by atoms with Gasteiger partial charge in [0.25, 0.3) is 0 Å². The molecule has 0 atom stereocenters. The van der Waals surface area contributed by atoms with E-state index in [4.69, 9.17) is 4.74 Å². The number of hydrogen-bond donors (Lipinski definition) is 0. The topological polar surface area (TPSA) is 9.23 Å². The summed E-state index contributed by atoms with van der Waals surface area (Å²) in [7, 11) is 0. The first-order valence-corrected chi connectivity index (χ1v) is 3.99. The minimum atomic E-state index is 0. The van der Waals surface area contributed by atoms with Crippen LogP contribution < -0.4 is 0 Å². The molecule has 0 saturated heterocycles. The molecule has 0 radical (unpaired) electrons. The molecule has 3 heteroatoms. The monoisotopic (exact) mass is 146 g/mol. The van der Waals surface area contributed by atoms with Crippen LogP contribution in [0, 0.1) is 0 Å². The quantitative estimate of drug-likeness (QED) is 0.405. The molecule has 0 unspecified atom stereocenters. The van der Waals surface area contributed by atoms with Crippen LogP contribution in [0.15, 0.2) is 0 Å². The molecule has 0 bridgehead atoms. The Morgan fingerprint density at radius 2 is 1.18 bits per heavy atom. The predicted molar refractivity (Wildman–Crippen MR) is 54.9 cm³/mol. The molecule has 0 aliphatic heterocycles. The van der Waals surface area contributed by atoms with E-state index in [1.54, 1.807) is 0 Å². The van der Waals surface area contributed by atoms with Crippen molar-refractivity contribution in [1.82, 2.24) is 0 Å². The number of rotatable bonds is 6. The third-order valence-corrected chi connectivity index (χ3v) is 1.28. The molecular formula is C8H20Li2O. The molecule has 0 aliphatic rings. The first-order valence-electron chi connectivity index (χ1n) is 3.99. The Bertz CT molecular complexity index is 45.4. The summed E-state index contributed by atoms with van der Waals surface area (Å²) in [5, 5.41) is 0. The summed E-state index contributed by atoms with van der Waals surface area (Å²) in [5.74, 6) is 0. The molecule has 0 N–H and O–H groups in total. The predicted octanol–water partition coefficient (Wildman–Crippen LogP) is 1.31. The van der Waals surface area contributed by atoms with Gasteiger partial charge in [0.15, 0.2) is 0 Å². The zero-order valence-corrected chi connectivity index (χ0v) is 6.65. The molecular weight excluding hydrogens is 126 g/mol. The molecule has 0 heterocycles. The Labute approximate surface area is 95.0 Å². The van der Waals surface area contributed by atoms with Gasteiger partial charge in [-0.2, -0.15) is 0 Å². The van der Waals surface area contributed by atoms with Gasteiger partial charge in [0, 0.05) is 13.2 Å². The summed E-state index contributed by atoms with van der Waals surface area (Å²) in [6.45, 7) is 6.28. The Kier molecular flexibility index (Phi) is 28.4. The van der Waals surface area contributed by atoms with Gasteiger partial charge in [0.1, 0.15) is 0 Å². The standard InChI is InChI=1S/C8H18O.2Li.2H/c1-3-5-7-9-8-6-4-2;;;;/h3-8H2,1-2H3;;;;. The third-order valence-electron chi connectivity index (χ3n) is 1.28. The van der Waals surface area contributed by atoms with E-state index in [-0.39, 0.29) is 37.7 Å². The first-order chi connectivity index (χ1) is 4.41. The average molecular weight is 146 g/mol. The van der Waals surface area contributed by atoms with Crippen LogP contribution in [-0.4, -0.2) is 50.9 Å². The van der Waals surface area contributed by atoms with E-state index in [0.29, 0.717) is 0 Å². The van der Waals surface area contributed by atoms with Crippen LogP contribution in [0.2, 0.25) is 0 Å². The fourth-order valence-corrected chi connectivity index (χ4v) is 0.595. The van der Waals surface area contributed by atoms with E-state index in [1.165, 1.54) is 25.7 Å². The second kappa shape index (κ2) is 17.3. The van der Waals surface area contributed by atoms with Crippen molar-refractivity contribution >= 4 is 37.7 Å². The maximum absolute atomic E-state index is 5.31. The number of ether oxygens (including phenoxy) is 1. The van der Waals surface area contributed by atoms with E-state index >= 15 is 0 Å². The normalized spacial score (nSPS) is 8.18. The minimum absolute atomic E-state index is 0. The van der Waals surface area contributed by atoms with Crippen molar-refractivity contribution < 1.29 is 4.74 Å². The van der Waals surface area contributed by atoms with E-state index < -0.39 is 0 Å². The van der Waals surface area contributed by atoms with Crippen molar-refractivity contribution in [1.29, 1.82) is 0 Å². The summed E-state index contributed by atoms with van der Waals surface area (Å²) < 4.78 is 5.31. The summed E-state index contributed by atoms with van der Waals surface area (Å²) in [5.41, 5.74) is 0. The van der Waals surface area contributed by atoms with Crippen molar-refractivity contribution in [2.45, 2.75) is 39.5 Å². The second-order valence-electron chi connectivity index (χ2n) is 2.32. The van der Waals surface area contributed by atoms with Crippen LogP contribution in [-0.2, 0) is 4.74 Å². The van der Waals surface area contributed by atoms with Crippen molar-refractivity contribution in [3.05, 3.63) is 0 Å². The number of hydrogen-bond acceptors (Lipinski definition) is 1. The van der Waals surface area contributed by atoms with Gasteiger partial charge in [-0.25, -0.2) is 0 Å². The Morgan fingerprint density at radius 1 is 0.818 bits per heavy atom. The fraction of sp³-hybridized carbons (Fsp3) is 1.00. The molecule has 0 saturated carbocycles. The average Bonchev–Trinajstić information content (AvgIpc) is 1.89. The second-order valence-corrected chi connectivity index (χ2v) is 2.32. The van der Waals surface area contributed by atoms with Crippen LogP contribution >= 0.6 is 0 Å². The van der Waals surface area contributed by atoms with Gasteiger partial charge in [0.2, 0.25) is 0 Å². The van der Waals surface area contributed by atoms with Gasteiger partial charge >= 0.3 is 37.7 Å². The molecule has 11 heavy (non-hydrogen) atoms. The van der Waals surface area contributed by atoms with Gasteiger partial charge in [-0.15, -0.1) is 0 Å². The van der Waals surface area contributed by atoms with Gasteiger partial charge in [-0.1, -0.05) is 26.7 Å². The Morgan fingerprint density at radius 3 is 1.45 bits per heavy atom. The van der Waals surface area contributed by atoms with Gasteiger partial charge in [-0.05, 0) is 12.8 Å². The van der Waals surface area contributed by atoms with E-state index in [2.05, 4.69) is 13.8 Å². The van der Waals surface area contributed by atoms with Gasteiger partial charge < -0.3 is 4.74 Å². The Hall–Kier alpha value is 1.15. The molecule has 0 aromatic heterocycles. The summed E-state index contributed by atoms with van der Waals surface area (Å²) in [4.78, 5) is 0. The maximum atomic E-state index is 5.31. The van der Waals surface area contributed by atoms with E-state index in [9.17, 15) is 0 Å². The summed E-state index contributed by atoms with van der Waals surface area (Å²) in [6, 6.07) is 0. The van der Waals surface area contributed by atoms with Crippen molar-refractivity contribution in [2.75, 3.05) is 13.2 Å². The molecule has 0 aliphatic carbocycles. The third kappa shape index (κ3) is 18.3.